The van der Waals surface area contributed by atoms with Crippen molar-refractivity contribution in [2.24, 2.45) is 0 Å². The summed E-state index contributed by atoms with van der Waals surface area (Å²) in [5, 5.41) is 10.5. The molecule has 1 aliphatic heterocycles. The number of carbonyl (C=O) groups excluding carboxylic acids is 2. The van der Waals surface area contributed by atoms with Gasteiger partial charge in [0.1, 0.15) is 0 Å². The first-order valence-corrected chi connectivity index (χ1v) is 7.98. The summed E-state index contributed by atoms with van der Waals surface area (Å²) < 4.78 is 5.18. The topological polar surface area (TPSA) is 83.6 Å². The first-order chi connectivity index (χ1) is 12.7. The molecule has 1 atom stereocenters. The molecular formula is C20H14N2O4. The molecule has 0 radical (unpaired) electrons. The largest absolute Gasteiger partial charge is 0.503 e. The number of nitrogens with zero attached hydrogens (tertiary/aromatic N) is 2. The van der Waals surface area contributed by atoms with E-state index in [-0.39, 0.29) is 11.3 Å². The van der Waals surface area contributed by atoms with Gasteiger partial charge in [-0.2, -0.15) is 0 Å². The summed E-state index contributed by atoms with van der Waals surface area (Å²) in [7, 11) is 0. The fourth-order valence-corrected chi connectivity index (χ4v) is 3.09. The number of furan rings is 1. The fourth-order valence-electron chi connectivity index (χ4n) is 3.09. The van der Waals surface area contributed by atoms with E-state index < -0.39 is 23.5 Å². The van der Waals surface area contributed by atoms with Crippen molar-refractivity contribution in [1.29, 1.82) is 0 Å². The molecule has 0 aliphatic carbocycles. The summed E-state index contributed by atoms with van der Waals surface area (Å²) >= 11 is 0. The van der Waals surface area contributed by atoms with Crippen LogP contribution in [0.2, 0.25) is 0 Å². The first-order valence-electron chi connectivity index (χ1n) is 7.98. The van der Waals surface area contributed by atoms with Crippen molar-refractivity contribution >= 4 is 17.4 Å². The normalized spacial score (nSPS) is 17.0. The lowest BCUT2D eigenvalue weighted by Gasteiger charge is -2.26. The lowest BCUT2D eigenvalue weighted by atomic mass is 9.95. The Morgan fingerprint density at radius 3 is 2.54 bits per heavy atom. The number of pyridine rings is 1. The Morgan fingerprint density at radius 2 is 1.88 bits per heavy atom. The summed E-state index contributed by atoms with van der Waals surface area (Å²) in [6, 6.07) is 14.8. The van der Waals surface area contributed by atoms with E-state index in [1.165, 1.54) is 23.4 Å². The average molecular weight is 346 g/mol. The second kappa shape index (κ2) is 6.33. The second-order valence-corrected chi connectivity index (χ2v) is 5.77. The molecule has 1 aromatic carbocycles. The number of amides is 1. The summed E-state index contributed by atoms with van der Waals surface area (Å²) in [4.78, 5) is 31.1. The predicted molar refractivity (Wildman–Crippen MR) is 93.6 cm³/mol. The molecule has 0 saturated carbocycles. The molecule has 6 nitrogen and oxygen atoms in total. The smallest absolute Gasteiger partial charge is 0.294 e. The second-order valence-electron chi connectivity index (χ2n) is 5.77. The molecular weight excluding hydrogens is 332 g/mol. The number of Topliss-reactive ketones (excluding diaryl/α,β-unsaturated/α-hetero) is 1. The standard InChI is InChI=1S/C20H14N2O4/c23-18(15-9-5-11-26-15)16-17(13-6-2-1-3-7-13)22(20(25)19(16)24)14-8-4-10-21-12-14/h1-12,17,24H/t17-/m1/s1. The Labute approximate surface area is 149 Å². The number of hydrogen-bond donors (Lipinski definition) is 1. The van der Waals surface area contributed by atoms with Crippen molar-refractivity contribution in [3.63, 3.8) is 0 Å². The van der Waals surface area contributed by atoms with E-state index in [1.54, 1.807) is 36.5 Å². The molecule has 4 rings (SSSR count). The summed E-state index contributed by atoms with van der Waals surface area (Å²) in [5.41, 5.74) is 1.17. The van der Waals surface area contributed by atoms with Gasteiger partial charge in [-0.3, -0.25) is 19.5 Å². The Hall–Kier alpha value is -3.67. The third-order valence-corrected chi connectivity index (χ3v) is 4.24. The SMILES string of the molecule is O=C(C1=C(O)C(=O)N(c2cccnc2)[C@@H]1c1ccccc1)c1ccco1. The monoisotopic (exact) mass is 346 g/mol. The highest BCUT2D eigenvalue weighted by atomic mass is 16.3. The quantitative estimate of drug-likeness (QED) is 0.732. The summed E-state index contributed by atoms with van der Waals surface area (Å²) in [6.07, 6.45) is 4.48. The van der Waals surface area contributed by atoms with Crippen LogP contribution >= 0.6 is 0 Å². The van der Waals surface area contributed by atoms with Crippen LogP contribution in [0.5, 0.6) is 0 Å². The van der Waals surface area contributed by atoms with Gasteiger partial charge in [-0.1, -0.05) is 30.3 Å². The number of carbonyl (C=O) groups is 2. The van der Waals surface area contributed by atoms with E-state index in [4.69, 9.17) is 4.42 Å². The number of aliphatic hydroxyl groups is 1. The lowest BCUT2D eigenvalue weighted by Crippen LogP contribution is -2.31. The zero-order valence-electron chi connectivity index (χ0n) is 13.6. The minimum absolute atomic E-state index is 0.0139. The molecule has 0 saturated heterocycles. The van der Waals surface area contributed by atoms with E-state index in [0.717, 1.165) is 0 Å². The van der Waals surface area contributed by atoms with Crippen molar-refractivity contribution in [2.75, 3.05) is 4.90 Å². The molecule has 1 aliphatic rings. The first kappa shape index (κ1) is 15.8. The van der Waals surface area contributed by atoms with E-state index in [1.807, 2.05) is 18.2 Å². The van der Waals surface area contributed by atoms with Gasteiger partial charge in [0.2, 0.25) is 5.78 Å². The molecule has 6 heteroatoms. The maximum atomic E-state index is 12.9. The Kier molecular flexibility index (Phi) is 3.85. The van der Waals surface area contributed by atoms with E-state index in [9.17, 15) is 14.7 Å². The molecule has 3 heterocycles. The third kappa shape index (κ3) is 2.48. The van der Waals surface area contributed by atoms with Crippen LogP contribution in [-0.4, -0.2) is 21.8 Å². The van der Waals surface area contributed by atoms with Crippen molar-refractivity contribution in [3.8, 4) is 0 Å². The number of anilines is 1. The molecule has 0 spiro atoms. The Bertz CT molecular complexity index is 979. The van der Waals surface area contributed by atoms with Gasteiger partial charge in [-0.05, 0) is 29.8 Å². The summed E-state index contributed by atoms with van der Waals surface area (Å²) in [6.45, 7) is 0. The predicted octanol–water partition coefficient (Wildman–Crippen LogP) is 3.46. The van der Waals surface area contributed by atoms with Crippen LogP contribution in [-0.2, 0) is 4.79 Å². The van der Waals surface area contributed by atoms with Gasteiger partial charge in [-0.15, -0.1) is 0 Å². The number of aliphatic hydroxyl groups excluding tert-OH is 1. The Morgan fingerprint density at radius 1 is 1.08 bits per heavy atom. The van der Waals surface area contributed by atoms with Gasteiger partial charge in [0, 0.05) is 6.20 Å². The molecule has 1 N–H and O–H groups in total. The molecule has 3 aromatic rings. The lowest BCUT2D eigenvalue weighted by molar-refractivity contribution is -0.117. The molecule has 0 bridgehead atoms. The maximum Gasteiger partial charge on any atom is 0.294 e. The van der Waals surface area contributed by atoms with Crippen LogP contribution < -0.4 is 4.90 Å². The third-order valence-electron chi connectivity index (χ3n) is 4.24. The van der Waals surface area contributed by atoms with E-state index >= 15 is 0 Å². The fraction of sp³-hybridized carbons (Fsp3) is 0.0500. The molecule has 26 heavy (non-hydrogen) atoms. The van der Waals surface area contributed by atoms with Gasteiger partial charge in [0.05, 0.1) is 29.8 Å². The van der Waals surface area contributed by atoms with Gasteiger partial charge < -0.3 is 9.52 Å². The van der Waals surface area contributed by atoms with Crippen LogP contribution in [0.4, 0.5) is 5.69 Å². The van der Waals surface area contributed by atoms with Gasteiger partial charge in [0.15, 0.2) is 11.5 Å². The minimum Gasteiger partial charge on any atom is -0.503 e. The maximum absolute atomic E-state index is 12.9. The van der Waals surface area contributed by atoms with Crippen molar-refractivity contribution in [2.45, 2.75) is 6.04 Å². The van der Waals surface area contributed by atoms with Crippen LogP contribution in [0.15, 0.2) is 89.0 Å². The minimum atomic E-state index is -0.773. The van der Waals surface area contributed by atoms with Gasteiger partial charge in [-0.25, -0.2) is 0 Å². The average Bonchev–Trinajstić information content (AvgIpc) is 3.31. The zero-order chi connectivity index (χ0) is 18.1. The molecule has 2 aromatic heterocycles. The number of ketones is 1. The van der Waals surface area contributed by atoms with Crippen molar-refractivity contribution in [3.05, 3.63) is 95.9 Å². The summed E-state index contributed by atoms with van der Waals surface area (Å²) in [5.74, 6) is -1.69. The van der Waals surface area contributed by atoms with Gasteiger partial charge >= 0.3 is 0 Å². The number of rotatable bonds is 4. The zero-order valence-corrected chi connectivity index (χ0v) is 13.6. The van der Waals surface area contributed by atoms with Crippen LogP contribution in [0, 0.1) is 0 Å². The Balaban J connectivity index is 1.88. The number of hydrogen-bond acceptors (Lipinski definition) is 5. The molecule has 1 amide bonds. The number of aromatic nitrogens is 1. The molecule has 128 valence electrons. The molecule has 0 fully saturated rings. The van der Waals surface area contributed by atoms with E-state index in [2.05, 4.69) is 4.98 Å². The highest BCUT2D eigenvalue weighted by molar-refractivity contribution is 6.20. The van der Waals surface area contributed by atoms with Crippen molar-refractivity contribution < 1.29 is 19.1 Å². The highest BCUT2D eigenvalue weighted by Crippen LogP contribution is 2.41. The van der Waals surface area contributed by atoms with Crippen LogP contribution in [0.1, 0.15) is 22.2 Å². The highest BCUT2D eigenvalue weighted by Gasteiger charge is 2.45. The van der Waals surface area contributed by atoms with Crippen LogP contribution in [0.25, 0.3) is 0 Å². The molecule has 0 unspecified atom stereocenters. The van der Waals surface area contributed by atoms with Crippen molar-refractivity contribution in [1.82, 2.24) is 4.98 Å². The van der Waals surface area contributed by atoms with Gasteiger partial charge in [0.25, 0.3) is 5.91 Å². The number of benzene rings is 1. The van der Waals surface area contributed by atoms with Crippen LogP contribution in [0.3, 0.4) is 0 Å². The van der Waals surface area contributed by atoms with E-state index in [0.29, 0.717) is 11.3 Å².